The van der Waals surface area contributed by atoms with E-state index in [1.165, 1.54) is 6.42 Å². The predicted octanol–water partition coefficient (Wildman–Crippen LogP) is 5.71. The third-order valence-corrected chi connectivity index (χ3v) is 7.79. The lowest BCUT2D eigenvalue weighted by Gasteiger charge is -2.30. The van der Waals surface area contributed by atoms with Crippen LogP contribution in [0.3, 0.4) is 0 Å². The first-order valence-electron chi connectivity index (χ1n) is 11.6. The van der Waals surface area contributed by atoms with Crippen molar-refractivity contribution in [1.82, 2.24) is 15.2 Å². The van der Waals surface area contributed by atoms with E-state index >= 15 is 0 Å². The molecular formula is C26H29N3O2S. The normalized spacial score (nSPS) is 17.7. The minimum atomic E-state index is -0.120. The number of carbonyl (C=O) groups is 2. The molecule has 1 fully saturated rings. The Labute approximate surface area is 192 Å². The summed E-state index contributed by atoms with van der Waals surface area (Å²) in [6.07, 6.45) is 5.62. The van der Waals surface area contributed by atoms with Crippen LogP contribution in [-0.4, -0.2) is 27.7 Å². The van der Waals surface area contributed by atoms with Crippen LogP contribution in [0, 0.1) is 5.92 Å². The highest BCUT2D eigenvalue weighted by atomic mass is 32.1. The van der Waals surface area contributed by atoms with E-state index in [9.17, 15) is 9.59 Å². The zero-order valence-corrected chi connectivity index (χ0v) is 19.5. The van der Waals surface area contributed by atoms with E-state index in [0.29, 0.717) is 23.3 Å². The molecule has 2 aliphatic rings. The molecule has 32 heavy (non-hydrogen) atoms. The molecule has 0 bridgehead atoms. The highest BCUT2D eigenvalue weighted by Crippen LogP contribution is 2.35. The molecule has 0 saturated heterocycles. The Balaban J connectivity index is 1.56. The Morgan fingerprint density at radius 3 is 2.62 bits per heavy atom. The fourth-order valence-corrected chi connectivity index (χ4v) is 6.10. The van der Waals surface area contributed by atoms with Gasteiger partial charge in [0.15, 0.2) is 0 Å². The van der Waals surface area contributed by atoms with Crippen LogP contribution in [0.5, 0.6) is 0 Å². The minimum absolute atomic E-state index is 0.0228. The number of carbonyl (C=O) groups excluding carboxylic acids is 2. The van der Waals surface area contributed by atoms with Crippen molar-refractivity contribution in [2.24, 2.45) is 5.92 Å². The van der Waals surface area contributed by atoms with Gasteiger partial charge in [-0.3, -0.25) is 9.59 Å². The zero-order chi connectivity index (χ0) is 22.2. The summed E-state index contributed by atoms with van der Waals surface area (Å²) in [5, 5.41) is 6.13. The van der Waals surface area contributed by atoms with Gasteiger partial charge in [-0.1, -0.05) is 57.4 Å². The molecule has 5 rings (SSSR count). The van der Waals surface area contributed by atoms with Crippen LogP contribution in [-0.2, 0) is 6.54 Å². The Morgan fingerprint density at radius 1 is 1.12 bits per heavy atom. The SMILES string of the molecule is CC(C)C(NC(=O)c1c2c(nc3ccccc13)C(=O)N(C1CCCCC1)C2)c1cccs1. The van der Waals surface area contributed by atoms with Crippen LogP contribution in [0.15, 0.2) is 41.8 Å². The maximum atomic E-state index is 13.8. The smallest absolute Gasteiger partial charge is 0.273 e. The van der Waals surface area contributed by atoms with Gasteiger partial charge in [0.25, 0.3) is 11.8 Å². The molecule has 0 radical (unpaired) electrons. The molecule has 1 aromatic carbocycles. The van der Waals surface area contributed by atoms with Crippen LogP contribution in [0.25, 0.3) is 10.9 Å². The second-order valence-corrected chi connectivity index (χ2v) is 10.2. The molecule has 5 nitrogen and oxygen atoms in total. The standard InChI is InChI=1S/C26H29N3O2S/c1-16(2)23(21-13-8-14-32-21)28-25(30)22-18-11-6-7-12-20(18)27-24-19(22)15-29(26(24)31)17-9-4-3-5-10-17/h6-8,11-14,16-17,23H,3-5,9-10,15H2,1-2H3,(H,28,30). The van der Waals surface area contributed by atoms with E-state index in [-0.39, 0.29) is 29.8 Å². The van der Waals surface area contributed by atoms with Gasteiger partial charge in [-0.2, -0.15) is 0 Å². The Hall–Kier alpha value is -2.73. The molecule has 1 atom stereocenters. The molecule has 1 aliphatic heterocycles. The molecule has 1 saturated carbocycles. The molecule has 6 heteroatoms. The summed E-state index contributed by atoms with van der Waals surface area (Å²) in [6, 6.07) is 11.9. The van der Waals surface area contributed by atoms with Crippen LogP contribution in [0.2, 0.25) is 0 Å². The third kappa shape index (κ3) is 3.71. The number of nitrogens with zero attached hydrogens (tertiary/aromatic N) is 2. The molecule has 1 unspecified atom stereocenters. The topological polar surface area (TPSA) is 62.3 Å². The van der Waals surface area contributed by atoms with Gasteiger partial charge in [0, 0.05) is 28.4 Å². The van der Waals surface area contributed by atoms with Crippen molar-refractivity contribution in [3.05, 3.63) is 63.5 Å². The number of thiophene rings is 1. The molecule has 1 aliphatic carbocycles. The number of rotatable bonds is 5. The van der Waals surface area contributed by atoms with Gasteiger partial charge in [-0.15, -0.1) is 11.3 Å². The zero-order valence-electron chi connectivity index (χ0n) is 18.6. The molecule has 3 aromatic rings. The van der Waals surface area contributed by atoms with Crippen molar-refractivity contribution >= 4 is 34.1 Å². The van der Waals surface area contributed by atoms with E-state index in [1.54, 1.807) is 11.3 Å². The van der Waals surface area contributed by atoms with Gasteiger partial charge in [0.1, 0.15) is 5.69 Å². The van der Waals surface area contributed by atoms with E-state index < -0.39 is 0 Å². The number of para-hydroxylation sites is 1. The molecule has 1 N–H and O–H groups in total. The molecular weight excluding hydrogens is 418 g/mol. The van der Waals surface area contributed by atoms with Crippen molar-refractivity contribution in [3.63, 3.8) is 0 Å². The van der Waals surface area contributed by atoms with Gasteiger partial charge in [-0.05, 0) is 36.3 Å². The molecule has 0 spiro atoms. The van der Waals surface area contributed by atoms with Crippen LogP contribution in [0.4, 0.5) is 0 Å². The first kappa shape index (κ1) is 21.1. The number of aromatic nitrogens is 1. The van der Waals surface area contributed by atoms with Gasteiger partial charge >= 0.3 is 0 Å². The minimum Gasteiger partial charge on any atom is -0.344 e. The summed E-state index contributed by atoms with van der Waals surface area (Å²) < 4.78 is 0. The number of nitrogens with one attached hydrogen (secondary N) is 1. The summed E-state index contributed by atoms with van der Waals surface area (Å²) in [7, 11) is 0. The summed E-state index contributed by atoms with van der Waals surface area (Å²) in [4.78, 5) is 34.9. The van der Waals surface area contributed by atoms with Gasteiger partial charge in [-0.25, -0.2) is 4.98 Å². The average molecular weight is 448 g/mol. The lowest BCUT2D eigenvalue weighted by Crippen LogP contribution is -2.37. The highest BCUT2D eigenvalue weighted by molar-refractivity contribution is 7.10. The number of hydrogen-bond donors (Lipinski definition) is 1. The number of hydrogen-bond acceptors (Lipinski definition) is 4. The number of fused-ring (bicyclic) bond motifs is 2. The van der Waals surface area contributed by atoms with Crippen molar-refractivity contribution in [2.75, 3.05) is 0 Å². The van der Waals surface area contributed by atoms with Gasteiger partial charge in [0.05, 0.1) is 17.1 Å². The fourth-order valence-electron chi connectivity index (χ4n) is 5.16. The summed E-state index contributed by atoms with van der Waals surface area (Å²) >= 11 is 1.66. The number of pyridine rings is 1. The lowest BCUT2D eigenvalue weighted by molar-refractivity contribution is 0.0655. The predicted molar refractivity (Wildman–Crippen MR) is 128 cm³/mol. The quantitative estimate of drug-likeness (QED) is 0.545. The first-order valence-corrected chi connectivity index (χ1v) is 12.5. The van der Waals surface area contributed by atoms with Crippen LogP contribution < -0.4 is 5.32 Å². The van der Waals surface area contributed by atoms with E-state index in [0.717, 1.165) is 41.5 Å². The van der Waals surface area contributed by atoms with Gasteiger partial charge < -0.3 is 10.2 Å². The van der Waals surface area contributed by atoms with E-state index in [1.807, 2.05) is 40.6 Å². The molecule has 2 amide bonds. The maximum absolute atomic E-state index is 13.8. The van der Waals surface area contributed by atoms with Crippen molar-refractivity contribution in [1.29, 1.82) is 0 Å². The van der Waals surface area contributed by atoms with Gasteiger partial charge in [0.2, 0.25) is 0 Å². The van der Waals surface area contributed by atoms with Crippen molar-refractivity contribution in [2.45, 2.75) is 64.6 Å². The van der Waals surface area contributed by atoms with Crippen LogP contribution in [0.1, 0.15) is 83.3 Å². The highest BCUT2D eigenvalue weighted by Gasteiger charge is 2.38. The largest absolute Gasteiger partial charge is 0.344 e. The Bertz CT molecular complexity index is 1150. The number of amides is 2. The second-order valence-electron chi connectivity index (χ2n) is 9.27. The average Bonchev–Trinajstić information content (AvgIpc) is 3.45. The molecule has 2 aromatic heterocycles. The summed E-state index contributed by atoms with van der Waals surface area (Å²) in [5.74, 6) is 0.106. The van der Waals surface area contributed by atoms with Crippen molar-refractivity contribution < 1.29 is 9.59 Å². The fraction of sp³-hybridized carbons (Fsp3) is 0.423. The van der Waals surface area contributed by atoms with E-state index in [2.05, 4.69) is 25.2 Å². The van der Waals surface area contributed by atoms with E-state index in [4.69, 9.17) is 4.98 Å². The first-order chi connectivity index (χ1) is 15.5. The second kappa shape index (κ2) is 8.66. The monoisotopic (exact) mass is 447 g/mol. The summed E-state index contributed by atoms with van der Waals surface area (Å²) in [5.41, 5.74) is 2.55. The van der Waals surface area contributed by atoms with Crippen LogP contribution >= 0.6 is 11.3 Å². The third-order valence-electron chi connectivity index (χ3n) is 6.83. The molecule has 3 heterocycles. The maximum Gasteiger partial charge on any atom is 0.273 e. The number of benzene rings is 1. The Kier molecular flexibility index (Phi) is 5.72. The lowest BCUT2D eigenvalue weighted by atomic mass is 9.94. The molecule has 166 valence electrons. The summed E-state index contributed by atoms with van der Waals surface area (Å²) in [6.45, 7) is 4.72. The Morgan fingerprint density at radius 2 is 1.91 bits per heavy atom. The van der Waals surface area contributed by atoms with Crippen molar-refractivity contribution in [3.8, 4) is 0 Å².